The molecule has 2 atom stereocenters. The maximum absolute atomic E-state index is 15.0. The Labute approximate surface area is 237 Å². The molecule has 40 heavy (non-hydrogen) atoms. The number of hydrogen-bond acceptors (Lipinski definition) is 4. The predicted octanol–water partition coefficient (Wildman–Crippen LogP) is 5.36. The van der Waals surface area contributed by atoms with Crippen molar-refractivity contribution in [3.05, 3.63) is 95.3 Å². The van der Waals surface area contributed by atoms with Crippen molar-refractivity contribution in [3.8, 4) is 0 Å². The molecule has 3 rings (SSSR count). The second kappa shape index (κ2) is 13.6. The van der Waals surface area contributed by atoms with Crippen molar-refractivity contribution >= 4 is 27.5 Å². The molecule has 0 heterocycles. The van der Waals surface area contributed by atoms with Crippen LogP contribution in [0, 0.1) is 19.7 Å². The largest absolute Gasteiger partial charge is 0.352 e. The van der Waals surface area contributed by atoms with Crippen LogP contribution in [0.2, 0.25) is 0 Å². The number of benzene rings is 3. The summed E-state index contributed by atoms with van der Waals surface area (Å²) in [6.07, 6.45) is 1.02. The van der Waals surface area contributed by atoms with Crippen LogP contribution >= 0.6 is 0 Å². The van der Waals surface area contributed by atoms with Gasteiger partial charge >= 0.3 is 0 Å². The number of aryl methyl sites for hydroxylation is 2. The van der Waals surface area contributed by atoms with Crippen LogP contribution in [0.4, 0.5) is 10.1 Å². The summed E-state index contributed by atoms with van der Waals surface area (Å²) in [5.74, 6) is -1.72. The molecule has 0 aliphatic rings. The molecule has 7 nitrogen and oxygen atoms in total. The van der Waals surface area contributed by atoms with Gasteiger partial charge in [0.1, 0.15) is 18.4 Å². The van der Waals surface area contributed by atoms with E-state index >= 15 is 4.39 Å². The van der Waals surface area contributed by atoms with E-state index in [1.807, 2.05) is 52.0 Å². The van der Waals surface area contributed by atoms with Crippen LogP contribution in [-0.4, -0.2) is 43.8 Å². The molecule has 0 aromatic heterocycles. The summed E-state index contributed by atoms with van der Waals surface area (Å²) in [4.78, 5) is 28.6. The normalized spacial score (nSPS) is 12.8. The van der Waals surface area contributed by atoms with E-state index in [-0.39, 0.29) is 29.1 Å². The highest BCUT2D eigenvalue weighted by Crippen LogP contribution is 2.27. The molecule has 0 bridgehead atoms. The number of nitrogens with zero attached hydrogens (tertiary/aromatic N) is 2. The standard InChI is InChI=1S/C31H38FN3O4S/c1-6-24(5)33-31(37)28(7-2)34(20-25-16-12-22(3)13-17-25)30(36)21-35(29-11-9-8-10-27(29)32)40(38,39)26-18-14-23(4)15-19-26/h8-19,24,28H,6-7,20-21H2,1-5H3,(H,33,37). The van der Waals surface area contributed by atoms with E-state index in [1.165, 1.54) is 35.2 Å². The summed E-state index contributed by atoms with van der Waals surface area (Å²) < 4.78 is 43.4. The van der Waals surface area contributed by atoms with Gasteiger partial charge in [0, 0.05) is 12.6 Å². The highest BCUT2D eigenvalue weighted by molar-refractivity contribution is 7.92. The fourth-order valence-corrected chi connectivity index (χ4v) is 5.68. The minimum absolute atomic E-state index is 0.0687. The zero-order valence-corrected chi connectivity index (χ0v) is 24.5. The van der Waals surface area contributed by atoms with Crippen LogP contribution < -0.4 is 9.62 Å². The molecule has 2 unspecified atom stereocenters. The monoisotopic (exact) mass is 567 g/mol. The maximum atomic E-state index is 15.0. The van der Waals surface area contributed by atoms with Gasteiger partial charge in [-0.2, -0.15) is 0 Å². The zero-order valence-electron chi connectivity index (χ0n) is 23.7. The third-order valence-corrected chi connectivity index (χ3v) is 8.64. The molecule has 3 aromatic carbocycles. The Hall–Kier alpha value is -3.72. The summed E-state index contributed by atoms with van der Waals surface area (Å²) in [5, 5.41) is 2.94. The van der Waals surface area contributed by atoms with Crippen molar-refractivity contribution in [2.45, 2.75) is 71.0 Å². The van der Waals surface area contributed by atoms with Gasteiger partial charge in [-0.3, -0.25) is 13.9 Å². The lowest BCUT2D eigenvalue weighted by atomic mass is 10.1. The number of carbonyl (C=O) groups excluding carboxylic acids is 2. The average Bonchev–Trinajstić information content (AvgIpc) is 2.93. The lowest BCUT2D eigenvalue weighted by Gasteiger charge is -2.33. The van der Waals surface area contributed by atoms with Crippen molar-refractivity contribution in [2.75, 3.05) is 10.8 Å². The first-order chi connectivity index (χ1) is 19.0. The molecular formula is C31H38FN3O4S. The molecule has 9 heteroatoms. The summed E-state index contributed by atoms with van der Waals surface area (Å²) in [6, 6.07) is 18.2. The van der Waals surface area contributed by atoms with Gasteiger partial charge in [-0.15, -0.1) is 0 Å². The molecular weight excluding hydrogens is 529 g/mol. The van der Waals surface area contributed by atoms with E-state index in [2.05, 4.69) is 5.32 Å². The number of anilines is 1. The third kappa shape index (κ3) is 7.47. The Balaban J connectivity index is 2.06. The number of carbonyl (C=O) groups is 2. The van der Waals surface area contributed by atoms with E-state index in [4.69, 9.17) is 0 Å². The summed E-state index contributed by atoms with van der Waals surface area (Å²) >= 11 is 0. The molecule has 214 valence electrons. The van der Waals surface area contributed by atoms with Crippen molar-refractivity contribution in [1.82, 2.24) is 10.2 Å². The number of halogens is 1. The smallest absolute Gasteiger partial charge is 0.264 e. The molecule has 0 radical (unpaired) electrons. The summed E-state index contributed by atoms with van der Waals surface area (Å²) in [7, 11) is -4.33. The van der Waals surface area contributed by atoms with Crippen LogP contribution in [0.3, 0.4) is 0 Å². The van der Waals surface area contributed by atoms with Gasteiger partial charge in [-0.1, -0.05) is 73.5 Å². The zero-order chi connectivity index (χ0) is 29.4. The Kier molecular flexibility index (Phi) is 10.5. The second-order valence-electron chi connectivity index (χ2n) is 10.0. The minimum Gasteiger partial charge on any atom is -0.352 e. The van der Waals surface area contributed by atoms with Crippen molar-refractivity contribution in [3.63, 3.8) is 0 Å². The van der Waals surface area contributed by atoms with E-state index in [9.17, 15) is 18.0 Å². The first-order valence-corrected chi connectivity index (χ1v) is 14.9. The highest BCUT2D eigenvalue weighted by atomic mass is 32.2. The maximum Gasteiger partial charge on any atom is 0.264 e. The number of rotatable bonds is 12. The molecule has 0 fully saturated rings. The van der Waals surface area contributed by atoms with Gasteiger partial charge in [0.2, 0.25) is 11.8 Å². The molecule has 0 aliphatic heterocycles. The molecule has 0 saturated carbocycles. The van der Waals surface area contributed by atoms with E-state index < -0.39 is 34.3 Å². The number of hydrogen-bond donors (Lipinski definition) is 1. The van der Waals surface area contributed by atoms with Gasteiger partial charge in [0.25, 0.3) is 10.0 Å². The average molecular weight is 568 g/mol. The first kappa shape index (κ1) is 30.8. The molecule has 0 aliphatic carbocycles. The molecule has 0 spiro atoms. The van der Waals surface area contributed by atoms with Crippen molar-refractivity contribution in [1.29, 1.82) is 0 Å². The number of para-hydroxylation sites is 1. The van der Waals surface area contributed by atoms with Gasteiger partial charge in [-0.25, -0.2) is 12.8 Å². The van der Waals surface area contributed by atoms with Gasteiger partial charge in [0.15, 0.2) is 0 Å². The Morgan fingerprint density at radius 2 is 1.45 bits per heavy atom. The van der Waals surface area contributed by atoms with Crippen molar-refractivity contribution < 1.29 is 22.4 Å². The topological polar surface area (TPSA) is 86.8 Å². The predicted molar refractivity (Wildman–Crippen MR) is 156 cm³/mol. The number of amides is 2. The van der Waals surface area contributed by atoms with Crippen LogP contribution in [0.5, 0.6) is 0 Å². The molecule has 1 N–H and O–H groups in total. The van der Waals surface area contributed by atoms with Crippen LogP contribution in [0.1, 0.15) is 50.3 Å². The van der Waals surface area contributed by atoms with Crippen LogP contribution in [0.15, 0.2) is 77.7 Å². The van der Waals surface area contributed by atoms with Gasteiger partial charge < -0.3 is 10.2 Å². The lowest BCUT2D eigenvalue weighted by Crippen LogP contribution is -2.53. The lowest BCUT2D eigenvalue weighted by molar-refractivity contribution is -0.140. The number of nitrogens with one attached hydrogen (secondary N) is 1. The highest BCUT2D eigenvalue weighted by Gasteiger charge is 2.34. The quantitative estimate of drug-likeness (QED) is 0.319. The summed E-state index contributed by atoms with van der Waals surface area (Å²) in [5.41, 5.74) is 2.43. The summed E-state index contributed by atoms with van der Waals surface area (Å²) in [6.45, 7) is 8.80. The fraction of sp³-hybridized carbons (Fsp3) is 0.355. The van der Waals surface area contributed by atoms with Crippen LogP contribution in [-0.2, 0) is 26.2 Å². The van der Waals surface area contributed by atoms with E-state index in [1.54, 1.807) is 19.1 Å². The molecule has 3 aromatic rings. The van der Waals surface area contributed by atoms with E-state index in [0.29, 0.717) is 12.8 Å². The second-order valence-corrected chi connectivity index (χ2v) is 11.9. The Morgan fingerprint density at radius 3 is 2.00 bits per heavy atom. The Morgan fingerprint density at radius 1 is 0.875 bits per heavy atom. The van der Waals surface area contributed by atoms with Crippen LogP contribution in [0.25, 0.3) is 0 Å². The molecule has 2 amide bonds. The van der Waals surface area contributed by atoms with Gasteiger partial charge in [0.05, 0.1) is 10.6 Å². The first-order valence-electron chi connectivity index (χ1n) is 13.5. The van der Waals surface area contributed by atoms with E-state index in [0.717, 1.165) is 27.1 Å². The minimum atomic E-state index is -4.33. The fourth-order valence-electron chi connectivity index (χ4n) is 4.26. The Bertz CT molecular complexity index is 1410. The SMILES string of the molecule is CCC(C)NC(=O)C(CC)N(Cc1ccc(C)cc1)C(=O)CN(c1ccccc1F)S(=O)(=O)c1ccc(C)cc1. The molecule has 0 saturated heterocycles. The number of sulfonamides is 1. The van der Waals surface area contributed by atoms with Gasteiger partial charge in [-0.05, 0) is 63.4 Å². The van der Waals surface area contributed by atoms with Crippen molar-refractivity contribution in [2.24, 2.45) is 0 Å². The third-order valence-electron chi connectivity index (χ3n) is 6.87.